The van der Waals surface area contributed by atoms with Crippen molar-refractivity contribution in [1.29, 1.82) is 0 Å². The van der Waals surface area contributed by atoms with Gasteiger partial charge in [-0.25, -0.2) is 0 Å². The molecule has 1 aliphatic rings. The van der Waals surface area contributed by atoms with Crippen LogP contribution in [0.25, 0.3) is 5.76 Å². The maximum Gasteiger partial charge on any atom is 0.300 e. The highest BCUT2D eigenvalue weighted by atomic mass is 16.3. The number of Topliss-reactive ketones (excluding diaryl/α,β-unsaturated/α-hetero) is 1. The molecule has 1 aromatic carbocycles. The molecule has 0 aliphatic carbocycles. The maximum atomic E-state index is 13.0. The predicted molar refractivity (Wildman–Crippen MR) is 109 cm³/mol. The molecule has 0 bridgehead atoms. The molecule has 1 amide bonds. The van der Waals surface area contributed by atoms with E-state index in [-0.39, 0.29) is 11.3 Å². The van der Waals surface area contributed by atoms with E-state index in [1.165, 1.54) is 17.3 Å². The van der Waals surface area contributed by atoms with E-state index in [1.807, 2.05) is 31.2 Å². The first kappa shape index (κ1) is 18.6. The molecule has 0 spiro atoms. The number of aryl methyl sites for hydroxylation is 1. The summed E-state index contributed by atoms with van der Waals surface area (Å²) in [6.45, 7) is 2.05. The van der Waals surface area contributed by atoms with Gasteiger partial charge in [0.05, 0.1) is 11.6 Å². The van der Waals surface area contributed by atoms with Crippen molar-refractivity contribution in [1.82, 2.24) is 9.97 Å². The Labute approximate surface area is 168 Å². The minimum Gasteiger partial charge on any atom is -0.507 e. The summed E-state index contributed by atoms with van der Waals surface area (Å²) < 4.78 is 0. The standard InChI is InChI=1S/C23H19N3O3/c1-2-15-5-7-18(8-6-15)26-20(17-4-3-11-25-14-17)19(22(28)23(26)29)21(27)16-9-12-24-13-10-16/h3-14,20,27H,2H2,1H3/b21-19-. The normalized spacial score (nSPS) is 18.2. The van der Waals surface area contributed by atoms with Gasteiger partial charge in [0.2, 0.25) is 0 Å². The summed E-state index contributed by atoms with van der Waals surface area (Å²) in [4.78, 5) is 35.5. The summed E-state index contributed by atoms with van der Waals surface area (Å²) in [5, 5.41) is 10.9. The molecule has 6 heteroatoms. The fraction of sp³-hybridized carbons (Fsp3) is 0.130. The van der Waals surface area contributed by atoms with Crippen molar-refractivity contribution >= 4 is 23.1 Å². The van der Waals surface area contributed by atoms with Crippen LogP contribution >= 0.6 is 0 Å². The molecule has 1 atom stereocenters. The number of ketones is 1. The van der Waals surface area contributed by atoms with Crippen molar-refractivity contribution in [2.24, 2.45) is 0 Å². The molecule has 1 N–H and O–H groups in total. The molecule has 1 aliphatic heterocycles. The van der Waals surface area contributed by atoms with E-state index in [1.54, 1.807) is 36.7 Å². The van der Waals surface area contributed by atoms with Crippen molar-refractivity contribution in [3.8, 4) is 0 Å². The van der Waals surface area contributed by atoms with Crippen LogP contribution in [0.4, 0.5) is 5.69 Å². The second-order valence-electron chi connectivity index (χ2n) is 6.71. The third kappa shape index (κ3) is 3.29. The summed E-state index contributed by atoms with van der Waals surface area (Å²) in [6, 6.07) is 13.4. The largest absolute Gasteiger partial charge is 0.507 e. The zero-order chi connectivity index (χ0) is 20.4. The molecule has 0 radical (unpaired) electrons. The summed E-state index contributed by atoms with van der Waals surface area (Å²) in [7, 11) is 0. The fourth-order valence-electron chi connectivity index (χ4n) is 3.51. The first-order valence-corrected chi connectivity index (χ1v) is 9.32. The zero-order valence-electron chi connectivity index (χ0n) is 15.8. The molecule has 3 aromatic rings. The second-order valence-corrected chi connectivity index (χ2v) is 6.71. The maximum absolute atomic E-state index is 13.0. The number of hydrogen-bond acceptors (Lipinski definition) is 5. The first-order valence-electron chi connectivity index (χ1n) is 9.32. The second kappa shape index (κ2) is 7.67. The Morgan fingerprint density at radius 1 is 1.00 bits per heavy atom. The van der Waals surface area contributed by atoms with Crippen LogP contribution in [0.3, 0.4) is 0 Å². The molecule has 29 heavy (non-hydrogen) atoms. The van der Waals surface area contributed by atoms with E-state index in [2.05, 4.69) is 9.97 Å². The third-order valence-corrected chi connectivity index (χ3v) is 5.02. The third-order valence-electron chi connectivity index (χ3n) is 5.02. The lowest BCUT2D eigenvalue weighted by Gasteiger charge is -2.25. The van der Waals surface area contributed by atoms with E-state index in [0.29, 0.717) is 16.8 Å². The number of pyridine rings is 2. The van der Waals surface area contributed by atoms with E-state index in [9.17, 15) is 14.7 Å². The molecule has 1 unspecified atom stereocenters. The Morgan fingerprint density at radius 2 is 1.72 bits per heavy atom. The number of benzene rings is 1. The molecule has 6 nitrogen and oxygen atoms in total. The Hall–Kier alpha value is -3.80. The van der Waals surface area contributed by atoms with Crippen LogP contribution in [-0.2, 0) is 16.0 Å². The van der Waals surface area contributed by atoms with Gasteiger partial charge < -0.3 is 5.11 Å². The number of carbonyl (C=O) groups is 2. The summed E-state index contributed by atoms with van der Waals surface area (Å²) in [5.74, 6) is -1.64. The Bertz CT molecular complexity index is 1080. The molecule has 4 rings (SSSR count). The van der Waals surface area contributed by atoms with Crippen LogP contribution in [0, 0.1) is 0 Å². The highest BCUT2D eigenvalue weighted by Crippen LogP contribution is 2.41. The number of anilines is 1. The van der Waals surface area contributed by atoms with Gasteiger partial charge in [-0.1, -0.05) is 25.1 Å². The topological polar surface area (TPSA) is 83.4 Å². The lowest BCUT2D eigenvalue weighted by atomic mass is 9.96. The van der Waals surface area contributed by atoms with Crippen molar-refractivity contribution in [3.05, 3.63) is 95.6 Å². The summed E-state index contributed by atoms with van der Waals surface area (Å²) >= 11 is 0. The Balaban J connectivity index is 1.91. The molecular formula is C23H19N3O3. The average Bonchev–Trinajstić information content (AvgIpc) is 3.05. The molecule has 2 aromatic heterocycles. The van der Waals surface area contributed by atoms with Crippen LogP contribution < -0.4 is 4.90 Å². The van der Waals surface area contributed by atoms with Gasteiger partial charge in [-0.05, 0) is 47.9 Å². The minimum atomic E-state index is -0.774. The molecule has 144 valence electrons. The zero-order valence-corrected chi connectivity index (χ0v) is 15.8. The van der Waals surface area contributed by atoms with Crippen LogP contribution in [0.5, 0.6) is 0 Å². The highest BCUT2D eigenvalue weighted by molar-refractivity contribution is 6.51. The van der Waals surface area contributed by atoms with Crippen molar-refractivity contribution < 1.29 is 14.7 Å². The number of rotatable bonds is 4. The monoisotopic (exact) mass is 385 g/mol. The number of aliphatic hydroxyl groups excluding tert-OH is 1. The van der Waals surface area contributed by atoms with Crippen LogP contribution in [0.15, 0.2) is 78.9 Å². The molecule has 0 saturated carbocycles. The molecule has 1 fully saturated rings. The van der Waals surface area contributed by atoms with E-state index < -0.39 is 17.7 Å². The van der Waals surface area contributed by atoms with E-state index in [4.69, 9.17) is 0 Å². The van der Waals surface area contributed by atoms with Gasteiger partial charge in [-0.15, -0.1) is 0 Å². The van der Waals surface area contributed by atoms with Gasteiger partial charge in [0, 0.05) is 36.0 Å². The number of amides is 1. The van der Waals surface area contributed by atoms with Crippen LogP contribution in [0.1, 0.15) is 29.7 Å². The number of nitrogens with zero attached hydrogens (tertiary/aromatic N) is 3. The van der Waals surface area contributed by atoms with E-state index in [0.717, 1.165) is 12.0 Å². The number of hydrogen-bond donors (Lipinski definition) is 1. The Kier molecular flexibility index (Phi) is 4.91. The van der Waals surface area contributed by atoms with Crippen LogP contribution in [0.2, 0.25) is 0 Å². The Morgan fingerprint density at radius 3 is 2.34 bits per heavy atom. The van der Waals surface area contributed by atoms with Crippen molar-refractivity contribution in [3.63, 3.8) is 0 Å². The van der Waals surface area contributed by atoms with Gasteiger partial charge in [0.25, 0.3) is 11.7 Å². The van der Waals surface area contributed by atoms with Gasteiger partial charge in [0.15, 0.2) is 0 Å². The van der Waals surface area contributed by atoms with Gasteiger partial charge >= 0.3 is 0 Å². The minimum absolute atomic E-state index is 0.0359. The lowest BCUT2D eigenvalue weighted by Crippen LogP contribution is -2.29. The van der Waals surface area contributed by atoms with Gasteiger partial charge in [-0.3, -0.25) is 24.5 Å². The smallest absolute Gasteiger partial charge is 0.300 e. The predicted octanol–water partition coefficient (Wildman–Crippen LogP) is 3.67. The number of carbonyl (C=O) groups excluding carboxylic acids is 2. The quantitative estimate of drug-likeness (QED) is 0.421. The number of aromatic nitrogens is 2. The first-order chi connectivity index (χ1) is 14.1. The van der Waals surface area contributed by atoms with Crippen molar-refractivity contribution in [2.75, 3.05) is 4.90 Å². The lowest BCUT2D eigenvalue weighted by molar-refractivity contribution is -0.132. The molecular weight excluding hydrogens is 366 g/mol. The summed E-state index contributed by atoms with van der Waals surface area (Å²) in [5.41, 5.74) is 2.82. The average molecular weight is 385 g/mol. The van der Waals surface area contributed by atoms with E-state index >= 15 is 0 Å². The fourth-order valence-corrected chi connectivity index (χ4v) is 3.51. The van der Waals surface area contributed by atoms with Gasteiger partial charge in [0.1, 0.15) is 5.76 Å². The SMILES string of the molecule is CCc1ccc(N2C(=O)C(=O)/C(=C(\O)c3ccncc3)C2c2cccnc2)cc1. The molecule has 3 heterocycles. The summed E-state index contributed by atoms with van der Waals surface area (Å²) in [6.07, 6.45) is 7.13. The highest BCUT2D eigenvalue weighted by Gasteiger charge is 2.47. The van der Waals surface area contributed by atoms with Crippen LogP contribution in [-0.4, -0.2) is 26.8 Å². The van der Waals surface area contributed by atoms with Gasteiger partial charge in [-0.2, -0.15) is 0 Å². The number of aliphatic hydroxyl groups is 1. The molecule has 1 saturated heterocycles. The van der Waals surface area contributed by atoms with Crippen molar-refractivity contribution in [2.45, 2.75) is 19.4 Å².